The second-order valence-electron chi connectivity index (χ2n) is 4.37. The lowest BCUT2D eigenvalue weighted by atomic mass is 10.0. The largest absolute Gasteiger partial charge is 0.496 e. The molecule has 0 bridgehead atoms. The molecule has 0 aromatic heterocycles. The smallest absolute Gasteiger partial charge is 0.123 e. The summed E-state index contributed by atoms with van der Waals surface area (Å²) in [7, 11) is 1.71. The normalized spacial score (nSPS) is 21.6. The zero-order valence-corrected chi connectivity index (χ0v) is 12.4. The van der Waals surface area contributed by atoms with Crippen LogP contribution in [-0.4, -0.2) is 29.6 Å². The van der Waals surface area contributed by atoms with Gasteiger partial charge in [-0.3, -0.25) is 11.3 Å². The zero-order chi connectivity index (χ0) is 13.0. The lowest BCUT2D eigenvalue weighted by Crippen LogP contribution is -2.38. The van der Waals surface area contributed by atoms with Crippen molar-refractivity contribution in [2.45, 2.75) is 18.2 Å². The van der Waals surface area contributed by atoms with Crippen molar-refractivity contribution in [1.29, 1.82) is 0 Å². The van der Waals surface area contributed by atoms with Gasteiger partial charge in [-0.15, -0.1) is 0 Å². The van der Waals surface area contributed by atoms with Gasteiger partial charge in [0.2, 0.25) is 0 Å². The molecular formula is C13H20N2OS2. The molecule has 1 aliphatic rings. The first-order valence-electron chi connectivity index (χ1n) is 6.06. The Morgan fingerprint density at radius 2 is 2.28 bits per heavy atom. The minimum absolute atomic E-state index is 0.151. The average molecular weight is 284 g/mol. The van der Waals surface area contributed by atoms with Gasteiger partial charge >= 0.3 is 0 Å². The molecule has 5 heteroatoms. The summed E-state index contributed by atoms with van der Waals surface area (Å²) in [6.45, 7) is 2.10. The van der Waals surface area contributed by atoms with E-state index in [4.69, 9.17) is 10.6 Å². The van der Waals surface area contributed by atoms with Crippen LogP contribution in [0.2, 0.25) is 0 Å². The van der Waals surface area contributed by atoms with Crippen molar-refractivity contribution in [3.63, 3.8) is 0 Å². The standard InChI is InChI=1S/C13H20N2OS2/c1-9-3-4-11(16-2)10(7-9)13(15-14)12-8-17-5-6-18-12/h3-4,7,12-13,15H,5-6,8,14H2,1-2H3. The van der Waals surface area contributed by atoms with E-state index in [1.807, 2.05) is 29.6 Å². The van der Waals surface area contributed by atoms with Crippen molar-refractivity contribution in [3.8, 4) is 5.75 Å². The van der Waals surface area contributed by atoms with Gasteiger partial charge in [0, 0.05) is 28.1 Å². The molecule has 0 amide bonds. The topological polar surface area (TPSA) is 47.3 Å². The molecule has 1 aliphatic heterocycles. The van der Waals surface area contributed by atoms with E-state index in [1.54, 1.807) is 7.11 Å². The summed E-state index contributed by atoms with van der Waals surface area (Å²) in [5.74, 6) is 10.3. The molecular weight excluding hydrogens is 264 g/mol. The molecule has 18 heavy (non-hydrogen) atoms. The number of hydrogen-bond donors (Lipinski definition) is 2. The Balaban J connectivity index is 2.27. The lowest BCUT2D eigenvalue weighted by molar-refractivity contribution is 0.399. The van der Waals surface area contributed by atoms with Crippen molar-refractivity contribution in [3.05, 3.63) is 29.3 Å². The molecule has 1 aromatic rings. The molecule has 2 unspecified atom stereocenters. The molecule has 1 saturated heterocycles. The second kappa shape index (κ2) is 6.70. The molecule has 0 radical (unpaired) electrons. The fraction of sp³-hybridized carbons (Fsp3) is 0.538. The fourth-order valence-corrected chi connectivity index (χ4v) is 5.03. The molecule has 3 N–H and O–H groups in total. The van der Waals surface area contributed by atoms with Crippen molar-refractivity contribution in [2.75, 3.05) is 24.4 Å². The maximum atomic E-state index is 5.78. The van der Waals surface area contributed by atoms with Crippen LogP contribution in [0.5, 0.6) is 5.75 Å². The van der Waals surface area contributed by atoms with Crippen LogP contribution in [0.1, 0.15) is 17.2 Å². The summed E-state index contributed by atoms with van der Waals surface area (Å²) in [5, 5.41) is 0.504. The van der Waals surface area contributed by atoms with Gasteiger partial charge < -0.3 is 4.74 Å². The van der Waals surface area contributed by atoms with Crippen LogP contribution in [0, 0.1) is 6.92 Å². The predicted octanol–water partition coefficient (Wildman–Crippen LogP) is 2.36. The first-order chi connectivity index (χ1) is 8.76. The molecule has 1 aromatic carbocycles. The molecule has 0 spiro atoms. The van der Waals surface area contributed by atoms with Gasteiger partial charge in [0.1, 0.15) is 5.75 Å². The Morgan fingerprint density at radius 3 is 2.89 bits per heavy atom. The Hall–Kier alpha value is -0.360. The summed E-state index contributed by atoms with van der Waals surface area (Å²) in [4.78, 5) is 0. The SMILES string of the molecule is COc1ccc(C)cc1C(NN)C1CSCCS1. The molecule has 2 rings (SSSR count). The summed E-state index contributed by atoms with van der Waals surface area (Å²) in [6, 6.07) is 6.41. The lowest BCUT2D eigenvalue weighted by Gasteiger charge is -2.30. The third-order valence-electron chi connectivity index (χ3n) is 3.11. The highest BCUT2D eigenvalue weighted by molar-refractivity contribution is 8.06. The molecule has 3 nitrogen and oxygen atoms in total. The number of nitrogens with two attached hydrogens (primary N) is 1. The minimum atomic E-state index is 0.151. The number of ether oxygens (including phenoxy) is 1. The third kappa shape index (κ3) is 3.15. The zero-order valence-electron chi connectivity index (χ0n) is 10.8. The van der Waals surface area contributed by atoms with Crippen LogP contribution in [0.15, 0.2) is 18.2 Å². The highest BCUT2D eigenvalue weighted by Gasteiger charge is 2.27. The average Bonchev–Trinajstić information content (AvgIpc) is 2.41. The van der Waals surface area contributed by atoms with E-state index in [-0.39, 0.29) is 6.04 Å². The van der Waals surface area contributed by atoms with Crippen LogP contribution in [0.4, 0.5) is 0 Å². The summed E-state index contributed by atoms with van der Waals surface area (Å²) in [6.07, 6.45) is 0. The van der Waals surface area contributed by atoms with E-state index < -0.39 is 0 Å². The highest BCUT2D eigenvalue weighted by Crippen LogP contribution is 2.36. The number of aryl methyl sites for hydroxylation is 1. The van der Waals surface area contributed by atoms with Gasteiger partial charge in [0.15, 0.2) is 0 Å². The second-order valence-corrected chi connectivity index (χ2v) is 6.87. The fourth-order valence-electron chi connectivity index (χ4n) is 2.19. The van der Waals surface area contributed by atoms with Crippen molar-refractivity contribution in [1.82, 2.24) is 5.43 Å². The van der Waals surface area contributed by atoms with Gasteiger partial charge in [-0.05, 0) is 13.0 Å². The van der Waals surface area contributed by atoms with E-state index in [1.165, 1.54) is 22.6 Å². The van der Waals surface area contributed by atoms with Crippen LogP contribution in [0.25, 0.3) is 0 Å². The number of rotatable bonds is 4. The van der Waals surface area contributed by atoms with Crippen LogP contribution in [-0.2, 0) is 0 Å². The first kappa shape index (κ1) is 14.1. The predicted molar refractivity (Wildman–Crippen MR) is 81.4 cm³/mol. The number of nitrogens with one attached hydrogen (secondary N) is 1. The minimum Gasteiger partial charge on any atom is -0.496 e. The monoisotopic (exact) mass is 284 g/mol. The quantitative estimate of drug-likeness (QED) is 0.656. The van der Waals surface area contributed by atoms with Gasteiger partial charge in [0.25, 0.3) is 0 Å². The molecule has 1 fully saturated rings. The summed E-state index contributed by atoms with van der Waals surface area (Å²) in [5.41, 5.74) is 5.38. The Morgan fingerprint density at radius 1 is 1.44 bits per heavy atom. The van der Waals surface area contributed by atoms with Gasteiger partial charge in [-0.2, -0.15) is 23.5 Å². The molecule has 1 heterocycles. The van der Waals surface area contributed by atoms with Gasteiger partial charge in [-0.25, -0.2) is 0 Å². The third-order valence-corrected chi connectivity index (χ3v) is 5.98. The van der Waals surface area contributed by atoms with Gasteiger partial charge in [0.05, 0.1) is 13.2 Å². The molecule has 100 valence electrons. The Bertz CT molecular complexity index is 395. The first-order valence-corrected chi connectivity index (χ1v) is 8.26. The molecule has 0 saturated carbocycles. The Kier molecular flexibility index (Phi) is 5.24. The van der Waals surface area contributed by atoms with Crippen molar-refractivity contribution >= 4 is 23.5 Å². The number of hydrazine groups is 1. The number of methoxy groups -OCH3 is 1. The van der Waals surface area contributed by atoms with E-state index >= 15 is 0 Å². The maximum Gasteiger partial charge on any atom is 0.123 e. The Labute approximate surface area is 117 Å². The van der Waals surface area contributed by atoms with Gasteiger partial charge in [-0.1, -0.05) is 17.7 Å². The van der Waals surface area contributed by atoms with Crippen LogP contribution < -0.4 is 16.0 Å². The van der Waals surface area contributed by atoms with Crippen molar-refractivity contribution < 1.29 is 4.74 Å². The highest BCUT2D eigenvalue weighted by atomic mass is 32.2. The van der Waals surface area contributed by atoms with E-state index in [0.29, 0.717) is 5.25 Å². The number of thioether (sulfide) groups is 2. The summed E-state index contributed by atoms with van der Waals surface area (Å²) < 4.78 is 5.46. The van der Waals surface area contributed by atoms with E-state index in [2.05, 4.69) is 24.5 Å². The summed E-state index contributed by atoms with van der Waals surface area (Å²) >= 11 is 4.00. The van der Waals surface area contributed by atoms with E-state index in [9.17, 15) is 0 Å². The number of hydrogen-bond acceptors (Lipinski definition) is 5. The van der Waals surface area contributed by atoms with Crippen molar-refractivity contribution in [2.24, 2.45) is 5.84 Å². The maximum absolute atomic E-state index is 5.78. The van der Waals surface area contributed by atoms with E-state index in [0.717, 1.165) is 11.5 Å². The van der Waals surface area contributed by atoms with Crippen LogP contribution >= 0.6 is 23.5 Å². The number of benzene rings is 1. The molecule has 2 atom stereocenters. The molecule has 0 aliphatic carbocycles. The van der Waals surface area contributed by atoms with Crippen LogP contribution in [0.3, 0.4) is 0 Å².